The molecule has 2 aromatic carbocycles. The van der Waals surface area contributed by atoms with Gasteiger partial charge in [0.05, 0.1) is 23.3 Å². The van der Waals surface area contributed by atoms with Crippen molar-refractivity contribution < 1.29 is 14.3 Å². The normalized spacial score (nSPS) is 13.2. The lowest BCUT2D eigenvalue weighted by Gasteiger charge is -2.16. The van der Waals surface area contributed by atoms with Gasteiger partial charge in [-0.1, -0.05) is 29.8 Å². The van der Waals surface area contributed by atoms with E-state index in [2.05, 4.69) is 5.32 Å². The number of fused-ring (bicyclic) bond motifs is 1. The van der Waals surface area contributed by atoms with Crippen molar-refractivity contribution in [3.63, 3.8) is 0 Å². The molecule has 1 aliphatic rings. The van der Waals surface area contributed by atoms with Crippen molar-refractivity contribution >= 4 is 45.7 Å². The van der Waals surface area contributed by atoms with Crippen LogP contribution in [0.1, 0.15) is 60.0 Å². The van der Waals surface area contributed by atoms with Crippen LogP contribution in [0.5, 0.6) is 11.5 Å². The summed E-state index contributed by atoms with van der Waals surface area (Å²) in [5.74, 6) is 0.995. The smallest absolute Gasteiger partial charge is 0.259 e. The molecule has 5 nitrogen and oxygen atoms in total. The highest BCUT2D eigenvalue weighted by Gasteiger charge is 2.25. The number of carbonyl (C=O) groups is 1. The molecule has 0 atom stereocenters. The van der Waals surface area contributed by atoms with E-state index in [1.165, 1.54) is 4.88 Å². The summed E-state index contributed by atoms with van der Waals surface area (Å²) < 4.78 is 11.6. The number of para-hydroxylation sites is 1. The Kier molecular flexibility index (Phi) is 7.91. The molecule has 1 N–H and O–H groups in total. The lowest BCUT2D eigenvalue weighted by molar-refractivity contribution is 0.102. The molecule has 0 radical (unpaired) electrons. The first kappa shape index (κ1) is 24.3. The molecule has 0 fully saturated rings. The number of halogens is 1. The van der Waals surface area contributed by atoms with Gasteiger partial charge in [-0.2, -0.15) is 0 Å². The summed E-state index contributed by atoms with van der Waals surface area (Å²) in [6.45, 7) is 6.30. The van der Waals surface area contributed by atoms with Crippen LogP contribution in [-0.4, -0.2) is 24.8 Å². The molecule has 178 valence electrons. The van der Waals surface area contributed by atoms with Crippen molar-refractivity contribution in [2.45, 2.75) is 52.6 Å². The molecular formula is C27H29ClN2O3S. The summed E-state index contributed by atoms with van der Waals surface area (Å²) in [6, 6.07) is 13.2. The van der Waals surface area contributed by atoms with Crippen molar-refractivity contribution in [3.8, 4) is 11.5 Å². The van der Waals surface area contributed by atoms with Gasteiger partial charge in [0.1, 0.15) is 5.00 Å². The predicted molar refractivity (Wildman–Crippen MR) is 141 cm³/mol. The molecule has 1 heterocycles. The van der Waals surface area contributed by atoms with Gasteiger partial charge in [0.15, 0.2) is 11.5 Å². The second-order valence-corrected chi connectivity index (χ2v) is 9.89. The maximum atomic E-state index is 13.3. The maximum Gasteiger partial charge on any atom is 0.259 e. The van der Waals surface area contributed by atoms with Crippen molar-refractivity contribution in [1.82, 2.24) is 0 Å². The third-order valence-electron chi connectivity index (χ3n) is 5.43. The number of amides is 1. The first-order valence-electron chi connectivity index (χ1n) is 11.6. The minimum Gasteiger partial charge on any atom is -0.490 e. The van der Waals surface area contributed by atoms with E-state index >= 15 is 0 Å². The van der Waals surface area contributed by atoms with Crippen LogP contribution < -0.4 is 14.8 Å². The summed E-state index contributed by atoms with van der Waals surface area (Å²) in [5, 5.41) is 4.22. The van der Waals surface area contributed by atoms with Crippen LogP contribution >= 0.6 is 22.9 Å². The Labute approximate surface area is 209 Å². The Morgan fingerprint density at radius 1 is 1.21 bits per heavy atom. The summed E-state index contributed by atoms with van der Waals surface area (Å²) in [6.07, 6.45) is 5.83. The van der Waals surface area contributed by atoms with Gasteiger partial charge in [-0.25, -0.2) is 4.99 Å². The Bertz CT molecular complexity index is 1190. The van der Waals surface area contributed by atoms with E-state index in [-0.39, 0.29) is 12.0 Å². The minimum absolute atomic E-state index is 0.0284. The average molecular weight is 497 g/mol. The van der Waals surface area contributed by atoms with E-state index in [9.17, 15) is 4.79 Å². The number of rotatable bonds is 8. The molecule has 3 aromatic rings. The molecule has 0 aliphatic heterocycles. The third-order valence-corrected chi connectivity index (χ3v) is 6.91. The van der Waals surface area contributed by atoms with Crippen LogP contribution in [0.15, 0.2) is 47.5 Å². The number of aliphatic imine (C=N–C) groups is 1. The molecule has 34 heavy (non-hydrogen) atoms. The molecule has 0 saturated carbocycles. The second-order valence-electron chi connectivity index (χ2n) is 8.40. The zero-order valence-electron chi connectivity index (χ0n) is 19.7. The van der Waals surface area contributed by atoms with Crippen molar-refractivity contribution in [2.24, 2.45) is 4.99 Å². The maximum absolute atomic E-state index is 13.3. The molecule has 0 bridgehead atoms. The van der Waals surface area contributed by atoms with Crippen LogP contribution in [0.25, 0.3) is 0 Å². The minimum atomic E-state index is -0.119. The quantitative estimate of drug-likeness (QED) is 0.329. The first-order chi connectivity index (χ1) is 16.5. The molecule has 0 unspecified atom stereocenters. The number of nitrogens with zero attached hydrogens (tertiary/aromatic N) is 1. The largest absolute Gasteiger partial charge is 0.490 e. The van der Waals surface area contributed by atoms with Gasteiger partial charge < -0.3 is 14.8 Å². The Morgan fingerprint density at radius 2 is 1.97 bits per heavy atom. The van der Waals surface area contributed by atoms with E-state index < -0.39 is 0 Å². The summed E-state index contributed by atoms with van der Waals surface area (Å²) in [7, 11) is 0. The first-order valence-corrected chi connectivity index (χ1v) is 12.8. The lowest BCUT2D eigenvalue weighted by atomic mass is 9.95. The van der Waals surface area contributed by atoms with Gasteiger partial charge in [-0.15, -0.1) is 11.3 Å². The van der Waals surface area contributed by atoms with Crippen molar-refractivity contribution in [2.75, 3.05) is 11.9 Å². The van der Waals surface area contributed by atoms with Crippen molar-refractivity contribution in [1.29, 1.82) is 0 Å². The summed E-state index contributed by atoms with van der Waals surface area (Å²) >= 11 is 8.13. The fourth-order valence-electron chi connectivity index (χ4n) is 4.00. The van der Waals surface area contributed by atoms with Crippen molar-refractivity contribution in [3.05, 3.63) is 69.1 Å². The van der Waals surface area contributed by atoms with Crippen LogP contribution in [0.3, 0.4) is 0 Å². The van der Waals surface area contributed by atoms with E-state index in [1.54, 1.807) is 17.6 Å². The molecule has 1 aliphatic carbocycles. The highest BCUT2D eigenvalue weighted by atomic mass is 35.5. The molecule has 7 heteroatoms. The average Bonchev–Trinajstić information content (AvgIpc) is 3.19. The molecule has 1 aromatic heterocycles. The van der Waals surface area contributed by atoms with E-state index in [4.69, 9.17) is 26.1 Å². The number of anilines is 1. The fraction of sp³-hybridized carbons (Fsp3) is 0.333. The van der Waals surface area contributed by atoms with Gasteiger partial charge in [-0.3, -0.25) is 4.79 Å². The number of ether oxygens (including phenoxy) is 2. The number of thiophene rings is 1. The zero-order valence-corrected chi connectivity index (χ0v) is 21.3. The van der Waals surface area contributed by atoms with Crippen LogP contribution in [0, 0.1) is 0 Å². The molecule has 1 amide bonds. The third kappa shape index (κ3) is 5.62. The Morgan fingerprint density at radius 3 is 2.71 bits per heavy atom. The fourth-order valence-corrected chi connectivity index (χ4v) is 5.49. The molecule has 0 saturated heterocycles. The topological polar surface area (TPSA) is 59.9 Å². The van der Waals surface area contributed by atoms with Gasteiger partial charge in [0, 0.05) is 16.8 Å². The zero-order chi connectivity index (χ0) is 24.1. The molecule has 0 spiro atoms. The van der Waals surface area contributed by atoms with Gasteiger partial charge in [0.2, 0.25) is 0 Å². The van der Waals surface area contributed by atoms with Gasteiger partial charge in [-0.05, 0) is 81.8 Å². The highest BCUT2D eigenvalue weighted by Crippen LogP contribution is 2.41. The highest BCUT2D eigenvalue weighted by molar-refractivity contribution is 7.16. The Hall–Kier alpha value is -2.83. The van der Waals surface area contributed by atoms with E-state index in [0.717, 1.165) is 47.5 Å². The summed E-state index contributed by atoms with van der Waals surface area (Å²) in [5.41, 5.74) is 3.36. The lowest BCUT2D eigenvalue weighted by Crippen LogP contribution is -2.14. The van der Waals surface area contributed by atoms with Gasteiger partial charge in [0.25, 0.3) is 5.91 Å². The van der Waals surface area contributed by atoms with E-state index in [1.807, 2.05) is 63.2 Å². The number of aryl methyl sites for hydroxylation is 1. The van der Waals surface area contributed by atoms with Gasteiger partial charge >= 0.3 is 0 Å². The van der Waals surface area contributed by atoms with Crippen LogP contribution in [0.2, 0.25) is 5.02 Å². The van der Waals surface area contributed by atoms with Crippen LogP contribution in [-0.2, 0) is 12.8 Å². The molecular weight excluding hydrogens is 468 g/mol. The number of benzene rings is 2. The SMILES string of the molecule is CCOc1cc(C=Nc2sc3c(c2C(=O)Nc2ccccc2)CCCC3)cc(Cl)c1OC(C)C. The monoisotopic (exact) mass is 496 g/mol. The number of hydrogen-bond donors (Lipinski definition) is 1. The van der Waals surface area contributed by atoms with E-state index in [0.29, 0.717) is 28.7 Å². The standard InChI is InChI=1S/C27H29ClN2O3S/c1-4-32-22-15-18(14-21(28)25(22)33-17(2)3)16-29-27-24(20-12-8-9-13-23(20)34-27)26(31)30-19-10-6-5-7-11-19/h5-7,10-11,14-17H,4,8-9,12-13H2,1-3H3,(H,30,31). The molecule has 4 rings (SSSR count). The number of carbonyl (C=O) groups excluding carboxylic acids is 1. The number of nitrogens with one attached hydrogen (secondary N) is 1. The van der Waals surface area contributed by atoms with Crippen LogP contribution in [0.4, 0.5) is 10.7 Å². The summed E-state index contributed by atoms with van der Waals surface area (Å²) in [4.78, 5) is 19.3. The number of hydrogen-bond acceptors (Lipinski definition) is 5. The second kappa shape index (κ2) is 11.1. The Balaban J connectivity index is 1.68. The predicted octanol–water partition coefficient (Wildman–Crippen LogP) is 7.47.